The Labute approximate surface area is 169 Å². The maximum atomic E-state index is 12.9. The molecule has 9 N–H and O–H groups in total. The Morgan fingerprint density at radius 2 is 1.83 bits per heavy atom. The monoisotopic (exact) mass is 413 g/mol. The number of amides is 3. The molecule has 0 aromatic carbocycles. The number of nitrogens with two attached hydrogens (primary N) is 3. The summed E-state index contributed by atoms with van der Waals surface area (Å²) in [6.07, 6.45) is 1.52. The van der Waals surface area contributed by atoms with Crippen molar-refractivity contribution in [1.82, 2.24) is 15.5 Å². The van der Waals surface area contributed by atoms with Gasteiger partial charge in [-0.05, 0) is 39.5 Å². The fourth-order valence-electron chi connectivity index (χ4n) is 2.96. The average Bonchev–Trinajstić information content (AvgIpc) is 3.13. The summed E-state index contributed by atoms with van der Waals surface area (Å²) in [5, 5.41) is 14.4. The number of hydrogen-bond donors (Lipinski definition) is 6. The topological polar surface area (TPSA) is 206 Å². The Balaban J connectivity index is 2.85. The van der Waals surface area contributed by atoms with Crippen LogP contribution in [0.2, 0.25) is 0 Å². The predicted octanol–water partition coefficient (Wildman–Crippen LogP) is -2.55. The fourth-order valence-corrected chi connectivity index (χ4v) is 2.96. The van der Waals surface area contributed by atoms with Crippen LogP contribution in [0, 0.1) is 0 Å². The number of carboxylic acid groups (broad SMARTS) is 1. The zero-order valence-corrected chi connectivity index (χ0v) is 16.8. The molecule has 1 heterocycles. The highest BCUT2D eigenvalue weighted by molar-refractivity contribution is 5.94. The molecule has 4 atom stereocenters. The molecule has 12 nitrogen and oxygen atoms in total. The van der Waals surface area contributed by atoms with Crippen LogP contribution in [0.15, 0.2) is 4.99 Å². The van der Waals surface area contributed by atoms with Crippen LogP contribution in [0.3, 0.4) is 0 Å². The van der Waals surface area contributed by atoms with Crippen molar-refractivity contribution in [3.63, 3.8) is 0 Å². The molecule has 0 aliphatic carbocycles. The number of nitrogens with one attached hydrogen (secondary N) is 2. The second-order valence-corrected chi connectivity index (χ2v) is 7.06. The number of carbonyl (C=O) groups excluding carboxylic acids is 3. The van der Waals surface area contributed by atoms with Crippen LogP contribution in [-0.4, -0.2) is 76.9 Å². The molecular formula is C17H31N7O5. The normalized spacial score (nSPS) is 19.0. The highest BCUT2D eigenvalue weighted by atomic mass is 16.4. The summed E-state index contributed by atoms with van der Waals surface area (Å²) in [5.41, 5.74) is 16.0. The maximum absolute atomic E-state index is 12.9. The van der Waals surface area contributed by atoms with Crippen LogP contribution < -0.4 is 27.8 Å². The summed E-state index contributed by atoms with van der Waals surface area (Å²) in [7, 11) is 0. The second kappa shape index (κ2) is 11.2. The summed E-state index contributed by atoms with van der Waals surface area (Å²) in [5.74, 6) is -2.74. The zero-order chi connectivity index (χ0) is 22.1. The van der Waals surface area contributed by atoms with Crippen molar-refractivity contribution in [3.8, 4) is 0 Å². The first-order valence-electron chi connectivity index (χ1n) is 9.49. The molecule has 29 heavy (non-hydrogen) atoms. The van der Waals surface area contributed by atoms with Crippen LogP contribution in [0.1, 0.15) is 39.5 Å². The van der Waals surface area contributed by atoms with E-state index in [0.717, 1.165) is 0 Å². The van der Waals surface area contributed by atoms with E-state index in [9.17, 15) is 24.3 Å². The van der Waals surface area contributed by atoms with E-state index < -0.39 is 47.9 Å². The Kier molecular flexibility index (Phi) is 9.32. The van der Waals surface area contributed by atoms with Gasteiger partial charge in [0.05, 0.1) is 6.04 Å². The molecule has 0 saturated carbocycles. The lowest BCUT2D eigenvalue weighted by Crippen LogP contribution is -2.56. The van der Waals surface area contributed by atoms with Crippen molar-refractivity contribution in [1.29, 1.82) is 0 Å². The van der Waals surface area contributed by atoms with Gasteiger partial charge in [0.2, 0.25) is 17.7 Å². The maximum Gasteiger partial charge on any atom is 0.326 e. The van der Waals surface area contributed by atoms with Gasteiger partial charge in [0.1, 0.15) is 18.1 Å². The Bertz CT molecular complexity index is 648. The van der Waals surface area contributed by atoms with Crippen LogP contribution in [0.25, 0.3) is 0 Å². The van der Waals surface area contributed by atoms with Gasteiger partial charge in [-0.25, -0.2) is 4.79 Å². The van der Waals surface area contributed by atoms with Gasteiger partial charge in [0, 0.05) is 13.1 Å². The summed E-state index contributed by atoms with van der Waals surface area (Å²) in [6.45, 7) is 3.50. The van der Waals surface area contributed by atoms with Crippen molar-refractivity contribution < 1.29 is 24.3 Å². The van der Waals surface area contributed by atoms with Crippen molar-refractivity contribution in [3.05, 3.63) is 0 Å². The third-order valence-electron chi connectivity index (χ3n) is 4.55. The molecule has 1 saturated heterocycles. The molecule has 1 fully saturated rings. The molecule has 4 unspecified atom stereocenters. The fraction of sp³-hybridized carbons (Fsp3) is 0.706. The first kappa shape index (κ1) is 24.1. The molecule has 164 valence electrons. The minimum absolute atomic E-state index is 0.0883. The van der Waals surface area contributed by atoms with Crippen LogP contribution in [-0.2, 0) is 19.2 Å². The van der Waals surface area contributed by atoms with E-state index in [1.807, 2.05) is 0 Å². The molecule has 12 heteroatoms. The van der Waals surface area contributed by atoms with Crippen molar-refractivity contribution in [2.75, 3.05) is 13.1 Å². The number of nitrogens with zero attached hydrogens (tertiary/aromatic N) is 2. The molecular weight excluding hydrogens is 382 g/mol. The van der Waals surface area contributed by atoms with E-state index in [-0.39, 0.29) is 18.9 Å². The number of aliphatic imine (C=N–C) groups is 1. The van der Waals surface area contributed by atoms with Crippen molar-refractivity contribution in [2.45, 2.75) is 63.7 Å². The van der Waals surface area contributed by atoms with Gasteiger partial charge in [-0.1, -0.05) is 0 Å². The highest BCUT2D eigenvalue weighted by Crippen LogP contribution is 2.19. The third-order valence-corrected chi connectivity index (χ3v) is 4.55. The zero-order valence-electron chi connectivity index (χ0n) is 16.8. The summed E-state index contributed by atoms with van der Waals surface area (Å²) >= 11 is 0. The number of carboxylic acids is 1. The van der Waals surface area contributed by atoms with Crippen LogP contribution in [0.4, 0.5) is 0 Å². The van der Waals surface area contributed by atoms with Crippen molar-refractivity contribution in [2.24, 2.45) is 22.2 Å². The summed E-state index contributed by atoms with van der Waals surface area (Å²) in [4.78, 5) is 53.6. The molecule has 0 bridgehead atoms. The van der Waals surface area contributed by atoms with E-state index in [0.29, 0.717) is 25.8 Å². The lowest BCUT2D eigenvalue weighted by atomic mass is 10.1. The highest BCUT2D eigenvalue weighted by Gasteiger charge is 2.37. The number of aliphatic carboxylic acids is 1. The number of rotatable bonds is 10. The molecule has 1 aliphatic heterocycles. The Hall–Kier alpha value is -2.89. The van der Waals surface area contributed by atoms with Gasteiger partial charge in [0.25, 0.3) is 0 Å². The van der Waals surface area contributed by atoms with Crippen molar-refractivity contribution >= 4 is 29.7 Å². The van der Waals surface area contributed by atoms with Crippen LogP contribution >= 0.6 is 0 Å². The number of carbonyl (C=O) groups is 4. The van der Waals surface area contributed by atoms with Crippen LogP contribution in [0.5, 0.6) is 0 Å². The van der Waals surface area contributed by atoms with E-state index in [1.165, 1.54) is 18.7 Å². The lowest BCUT2D eigenvalue weighted by molar-refractivity contribution is -0.149. The first-order chi connectivity index (χ1) is 13.5. The minimum Gasteiger partial charge on any atom is -0.480 e. The largest absolute Gasteiger partial charge is 0.480 e. The van der Waals surface area contributed by atoms with Gasteiger partial charge in [-0.3, -0.25) is 19.4 Å². The molecule has 1 rings (SSSR count). The molecule has 0 aromatic heterocycles. The average molecular weight is 413 g/mol. The van der Waals surface area contributed by atoms with Gasteiger partial charge in [-0.15, -0.1) is 0 Å². The third kappa shape index (κ3) is 7.56. The molecule has 1 aliphatic rings. The molecule has 0 aromatic rings. The van der Waals surface area contributed by atoms with Gasteiger partial charge in [0.15, 0.2) is 5.96 Å². The predicted molar refractivity (Wildman–Crippen MR) is 105 cm³/mol. The van der Waals surface area contributed by atoms with E-state index in [4.69, 9.17) is 17.2 Å². The molecule has 0 spiro atoms. The minimum atomic E-state index is -1.08. The van der Waals surface area contributed by atoms with Gasteiger partial charge in [-0.2, -0.15) is 0 Å². The first-order valence-corrected chi connectivity index (χ1v) is 9.49. The van der Waals surface area contributed by atoms with E-state index in [1.54, 1.807) is 0 Å². The molecule has 3 amide bonds. The SMILES string of the molecule is CC(N)C(=O)NC(C)C(=O)NC(CCCN=C(N)N)C(=O)N1CCCC1C(=O)O. The smallest absolute Gasteiger partial charge is 0.326 e. The summed E-state index contributed by atoms with van der Waals surface area (Å²) < 4.78 is 0. The quantitative estimate of drug-likeness (QED) is 0.127. The number of likely N-dealkylation sites (tertiary alicyclic amines) is 1. The lowest BCUT2D eigenvalue weighted by Gasteiger charge is -2.28. The Morgan fingerprint density at radius 3 is 2.38 bits per heavy atom. The van der Waals surface area contributed by atoms with Gasteiger partial charge < -0.3 is 37.8 Å². The van der Waals surface area contributed by atoms with Gasteiger partial charge >= 0.3 is 5.97 Å². The second-order valence-electron chi connectivity index (χ2n) is 7.06. The molecule has 0 radical (unpaired) electrons. The Morgan fingerprint density at radius 1 is 1.17 bits per heavy atom. The number of hydrogen-bond acceptors (Lipinski definition) is 6. The van der Waals surface area contributed by atoms with E-state index in [2.05, 4.69) is 15.6 Å². The number of guanidine groups is 1. The standard InChI is InChI=1S/C17H31N7O5/c1-9(18)13(25)22-10(2)14(26)23-11(5-3-7-21-17(19)20)15(27)24-8-4-6-12(24)16(28)29/h9-12H,3-8,18H2,1-2H3,(H,22,25)(H,23,26)(H,28,29)(H4,19,20,21). The summed E-state index contributed by atoms with van der Waals surface area (Å²) in [6, 6.07) is -3.60. The van der Waals surface area contributed by atoms with E-state index >= 15 is 0 Å².